The smallest absolute Gasteiger partial charge is 0.119 e. The third-order valence-electron chi connectivity index (χ3n) is 2.57. The summed E-state index contributed by atoms with van der Waals surface area (Å²) in [5.74, 6) is 0.898. The van der Waals surface area contributed by atoms with Crippen molar-refractivity contribution >= 4 is 0 Å². The third kappa shape index (κ3) is 6.42. The predicted molar refractivity (Wildman–Crippen MR) is 73.7 cm³/mol. The molecule has 0 bridgehead atoms. The van der Waals surface area contributed by atoms with Crippen LogP contribution in [0.5, 0.6) is 5.75 Å². The highest BCUT2D eigenvalue weighted by molar-refractivity contribution is 5.26. The molecule has 0 atom stereocenters. The molecule has 0 aliphatic rings. The van der Waals surface area contributed by atoms with Gasteiger partial charge in [-0.15, -0.1) is 0 Å². The van der Waals surface area contributed by atoms with Gasteiger partial charge in [0.15, 0.2) is 0 Å². The second kappa shape index (κ2) is 9.68. The molecule has 0 radical (unpaired) electrons. The lowest BCUT2D eigenvalue weighted by molar-refractivity contribution is -0.671. The van der Waals surface area contributed by atoms with Crippen molar-refractivity contribution in [3.63, 3.8) is 0 Å². The summed E-state index contributed by atoms with van der Waals surface area (Å²) in [6, 6.07) is 8.23. The SMILES string of the molecule is C=CCOc1ccc(C[NH2+]CCCOCC)cc1. The first-order valence-electron chi connectivity index (χ1n) is 6.59. The molecule has 0 aliphatic heterocycles. The average Bonchev–Trinajstić information content (AvgIpc) is 2.42. The Morgan fingerprint density at radius 2 is 2.06 bits per heavy atom. The third-order valence-corrected chi connectivity index (χ3v) is 2.57. The van der Waals surface area contributed by atoms with Gasteiger partial charge in [0.25, 0.3) is 0 Å². The summed E-state index contributed by atoms with van der Waals surface area (Å²) in [4.78, 5) is 0. The lowest BCUT2D eigenvalue weighted by Crippen LogP contribution is -2.82. The largest absolute Gasteiger partial charge is 0.490 e. The summed E-state index contributed by atoms with van der Waals surface area (Å²) in [5.41, 5.74) is 1.32. The van der Waals surface area contributed by atoms with Crippen LogP contribution in [0.4, 0.5) is 0 Å². The van der Waals surface area contributed by atoms with Crippen LogP contribution in [-0.2, 0) is 11.3 Å². The van der Waals surface area contributed by atoms with Gasteiger partial charge in [0.05, 0.1) is 13.2 Å². The van der Waals surface area contributed by atoms with Crippen molar-refractivity contribution in [2.24, 2.45) is 0 Å². The fourth-order valence-corrected chi connectivity index (χ4v) is 1.62. The number of nitrogens with two attached hydrogens (primary N) is 1. The molecule has 0 saturated heterocycles. The molecule has 100 valence electrons. The Bertz CT molecular complexity index is 322. The highest BCUT2D eigenvalue weighted by atomic mass is 16.5. The van der Waals surface area contributed by atoms with E-state index in [1.165, 1.54) is 5.56 Å². The van der Waals surface area contributed by atoms with Crippen molar-refractivity contribution in [3.8, 4) is 5.75 Å². The molecule has 18 heavy (non-hydrogen) atoms. The number of hydrogen-bond acceptors (Lipinski definition) is 2. The van der Waals surface area contributed by atoms with Crippen LogP contribution in [0.15, 0.2) is 36.9 Å². The number of ether oxygens (including phenoxy) is 2. The van der Waals surface area contributed by atoms with Crippen LogP contribution in [0, 0.1) is 0 Å². The summed E-state index contributed by atoms with van der Waals surface area (Å²) in [7, 11) is 0. The zero-order valence-electron chi connectivity index (χ0n) is 11.2. The molecular formula is C15H24NO2+. The Morgan fingerprint density at radius 3 is 2.72 bits per heavy atom. The summed E-state index contributed by atoms with van der Waals surface area (Å²) in [6.45, 7) is 10.00. The lowest BCUT2D eigenvalue weighted by Gasteiger charge is -2.05. The molecule has 0 saturated carbocycles. The molecule has 0 aliphatic carbocycles. The highest BCUT2D eigenvalue weighted by Crippen LogP contribution is 2.11. The summed E-state index contributed by atoms with van der Waals surface area (Å²) < 4.78 is 10.7. The van der Waals surface area contributed by atoms with Crippen molar-refractivity contribution in [1.29, 1.82) is 0 Å². The quantitative estimate of drug-likeness (QED) is 0.507. The molecular weight excluding hydrogens is 226 g/mol. The Balaban J connectivity index is 2.16. The van der Waals surface area contributed by atoms with Gasteiger partial charge in [0.2, 0.25) is 0 Å². The second-order valence-corrected chi connectivity index (χ2v) is 4.08. The normalized spacial score (nSPS) is 10.3. The van der Waals surface area contributed by atoms with Crippen molar-refractivity contribution < 1.29 is 14.8 Å². The number of hydrogen-bond donors (Lipinski definition) is 1. The molecule has 3 heteroatoms. The zero-order chi connectivity index (χ0) is 13.1. The van der Waals surface area contributed by atoms with E-state index in [0.717, 1.165) is 38.5 Å². The molecule has 0 unspecified atom stereocenters. The van der Waals surface area contributed by atoms with Gasteiger partial charge in [0.1, 0.15) is 18.9 Å². The number of benzene rings is 1. The molecule has 0 fully saturated rings. The molecule has 0 aromatic heterocycles. The van der Waals surface area contributed by atoms with E-state index in [0.29, 0.717) is 6.61 Å². The first kappa shape index (κ1) is 14.7. The standard InChI is InChI=1S/C15H23NO2/c1-3-11-18-15-8-6-14(7-9-15)13-16-10-5-12-17-4-2/h3,6-9,16H,1,4-5,10-13H2,2H3/p+1. The van der Waals surface area contributed by atoms with E-state index in [2.05, 4.69) is 24.0 Å². The molecule has 3 nitrogen and oxygen atoms in total. The molecule has 1 rings (SSSR count). The fourth-order valence-electron chi connectivity index (χ4n) is 1.62. The zero-order valence-corrected chi connectivity index (χ0v) is 11.2. The van der Waals surface area contributed by atoms with Crippen LogP contribution in [0.25, 0.3) is 0 Å². The Morgan fingerprint density at radius 1 is 1.28 bits per heavy atom. The van der Waals surface area contributed by atoms with Gasteiger partial charge in [-0.2, -0.15) is 0 Å². The second-order valence-electron chi connectivity index (χ2n) is 4.08. The monoisotopic (exact) mass is 250 g/mol. The average molecular weight is 250 g/mol. The van der Waals surface area contributed by atoms with Crippen LogP contribution in [0.2, 0.25) is 0 Å². The van der Waals surface area contributed by atoms with Gasteiger partial charge in [-0.1, -0.05) is 12.7 Å². The maximum atomic E-state index is 5.44. The van der Waals surface area contributed by atoms with E-state index < -0.39 is 0 Å². The molecule has 2 N–H and O–H groups in total. The van der Waals surface area contributed by atoms with Crippen molar-refractivity contribution in [1.82, 2.24) is 0 Å². The summed E-state index contributed by atoms with van der Waals surface area (Å²) in [6.07, 6.45) is 2.86. The highest BCUT2D eigenvalue weighted by Gasteiger charge is 1.97. The molecule has 0 spiro atoms. The summed E-state index contributed by atoms with van der Waals surface area (Å²) in [5, 5.41) is 2.30. The van der Waals surface area contributed by atoms with Crippen molar-refractivity contribution in [2.75, 3.05) is 26.4 Å². The Labute approximate surface area is 110 Å². The van der Waals surface area contributed by atoms with Gasteiger partial charge in [-0.05, 0) is 31.2 Å². The minimum Gasteiger partial charge on any atom is -0.490 e. The number of rotatable bonds is 10. The van der Waals surface area contributed by atoms with Crippen LogP contribution in [-0.4, -0.2) is 26.4 Å². The van der Waals surface area contributed by atoms with E-state index in [-0.39, 0.29) is 0 Å². The van der Waals surface area contributed by atoms with E-state index in [1.807, 2.05) is 19.1 Å². The van der Waals surface area contributed by atoms with Gasteiger partial charge in [-0.25, -0.2) is 0 Å². The van der Waals surface area contributed by atoms with Crippen molar-refractivity contribution in [2.45, 2.75) is 19.9 Å². The van der Waals surface area contributed by atoms with Gasteiger partial charge < -0.3 is 14.8 Å². The summed E-state index contributed by atoms with van der Waals surface area (Å²) >= 11 is 0. The predicted octanol–water partition coefficient (Wildman–Crippen LogP) is 1.74. The van der Waals surface area contributed by atoms with E-state index in [1.54, 1.807) is 6.08 Å². The fraction of sp³-hybridized carbons (Fsp3) is 0.467. The Hall–Kier alpha value is -1.32. The maximum absolute atomic E-state index is 5.44. The molecule has 1 aromatic carbocycles. The van der Waals surface area contributed by atoms with Crippen LogP contribution < -0.4 is 10.1 Å². The van der Waals surface area contributed by atoms with Crippen molar-refractivity contribution in [3.05, 3.63) is 42.5 Å². The van der Waals surface area contributed by atoms with Crippen LogP contribution in [0.1, 0.15) is 18.9 Å². The van der Waals surface area contributed by atoms with Crippen LogP contribution >= 0.6 is 0 Å². The van der Waals surface area contributed by atoms with Gasteiger partial charge in [0, 0.05) is 18.6 Å². The first-order valence-corrected chi connectivity index (χ1v) is 6.59. The molecule has 0 heterocycles. The van der Waals surface area contributed by atoms with E-state index in [9.17, 15) is 0 Å². The van der Waals surface area contributed by atoms with Gasteiger partial charge >= 0.3 is 0 Å². The molecule has 1 aromatic rings. The maximum Gasteiger partial charge on any atom is 0.119 e. The minimum atomic E-state index is 0.558. The lowest BCUT2D eigenvalue weighted by atomic mass is 10.2. The van der Waals surface area contributed by atoms with Crippen LogP contribution in [0.3, 0.4) is 0 Å². The minimum absolute atomic E-state index is 0.558. The Kier molecular flexibility index (Phi) is 7.93. The van der Waals surface area contributed by atoms with E-state index in [4.69, 9.17) is 9.47 Å². The molecule has 0 amide bonds. The van der Waals surface area contributed by atoms with E-state index >= 15 is 0 Å². The number of quaternary nitrogens is 1. The topological polar surface area (TPSA) is 35.1 Å². The van der Waals surface area contributed by atoms with Gasteiger partial charge in [-0.3, -0.25) is 0 Å². The first-order chi connectivity index (χ1) is 8.86.